The van der Waals surface area contributed by atoms with Crippen LogP contribution in [0.25, 0.3) is 16.8 Å². The van der Waals surface area contributed by atoms with Gasteiger partial charge in [0.2, 0.25) is 5.91 Å². The molecule has 1 aromatic heterocycles. The fourth-order valence-electron chi connectivity index (χ4n) is 5.33. The van der Waals surface area contributed by atoms with Crippen LogP contribution in [0.2, 0.25) is 0 Å². The largest absolute Gasteiger partial charge is 0.377 e. The molecule has 0 radical (unpaired) electrons. The van der Waals surface area contributed by atoms with Crippen molar-refractivity contribution in [2.75, 3.05) is 37.4 Å². The number of aromatic nitrogens is 1. The van der Waals surface area contributed by atoms with Crippen LogP contribution in [0.1, 0.15) is 40.7 Å². The first-order valence-corrected chi connectivity index (χ1v) is 15.8. The predicted molar refractivity (Wildman–Crippen MR) is 152 cm³/mol. The maximum Gasteiger partial charge on any atom is 0.254 e. The number of hydrogen-bond donors (Lipinski definition) is 1. The number of rotatable bonds is 5. The molecule has 9 nitrogen and oxygen atoms in total. The van der Waals surface area contributed by atoms with Gasteiger partial charge < -0.3 is 19.7 Å². The Morgan fingerprint density at radius 3 is 2.80 bits per heavy atom. The van der Waals surface area contributed by atoms with Crippen LogP contribution < -0.4 is 5.32 Å². The molecule has 0 saturated carbocycles. The van der Waals surface area contributed by atoms with Crippen molar-refractivity contribution < 1.29 is 27.5 Å². The van der Waals surface area contributed by atoms with Gasteiger partial charge in [-0.25, -0.2) is 13.4 Å². The van der Waals surface area contributed by atoms with Crippen molar-refractivity contribution in [1.82, 2.24) is 9.88 Å². The Labute approximate surface area is 236 Å². The summed E-state index contributed by atoms with van der Waals surface area (Å²) in [5.41, 5.74) is 4.91. The Morgan fingerprint density at radius 2 is 1.95 bits per heavy atom. The Balaban J connectivity index is 1.17. The van der Waals surface area contributed by atoms with Crippen LogP contribution in [0.4, 0.5) is 5.13 Å². The standard InChI is InChI=1S/C29H29N3O6S2/c33-27(31-29-30-24(18-39-29)21-4-1-3-20(15-21)19-8-11-37-12-9-19)25-5-2-10-32(25)28(34)22-6-7-23-17-38-13-14-40(35,36)26(23)16-22/h1,3-4,6-8,15-16,18,25H,2,5,9-14,17H2,(H,30,31,33)/t25-/m0/s1. The second kappa shape index (κ2) is 11.2. The molecule has 40 heavy (non-hydrogen) atoms. The number of fused-ring (bicyclic) bond motifs is 1. The number of thiazole rings is 1. The maximum atomic E-state index is 13.4. The molecule has 0 spiro atoms. The summed E-state index contributed by atoms with van der Waals surface area (Å²) in [6, 6.07) is 12.2. The second-order valence-corrected chi connectivity index (χ2v) is 12.9. The second-order valence-electron chi connectivity index (χ2n) is 10.0. The van der Waals surface area contributed by atoms with Crippen LogP contribution in [0.3, 0.4) is 0 Å². The molecule has 1 N–H and O–H groups in total. The number of nitrogens with one attached hydrogen (secondary N) is 1. The van der Waals surface area contributed by atoms with Crippen molar-refractivity contribution in [3.63, 3.8) is 0 Å². The lowest BCUT2D eigenvalue weighted by molar-refractivity contribution is -0.119. The third-order valence-electron chi connectivity index (χ3n) is 7.45. The van der Waals surface area contributed by atoms with Gasteiger partial charge in [-0.05, 0) is 54.2 Å². The Morgan fingerprint density at radius 1 is 1.07 bits per heavy atom. The van der Waals surface area contributed by atoms with Crippen LogP contribution in [-0.4, -0.2) is 68.3 Å². The number of ether oxygens (including phenoxy) is 2. The minimum atomic E-state index is -3.55. The van der Waals surface area contributed by atoms with E-state index in [0.717, 1.165) is 23.2 Å². The number of likely N-dealkylation sites (tertiary alicyclic amines) is 1. The fraction of sp³-hybridized carbons (Fsp3) is 0.345. The van der Waals surface area contributed by atoms with Crippen molar-refractivity contribution in [1.29, 1.82) is 0 Å². The van der Waals surface area contributed by atoms with E-state index >= 15 is 0 Å². The van der Waals surface area contributed by atoms with E-state index in [4.69, 9.17) is 9.47 Å². The minimum Gasteiger partial charge on any atom is -0.377 e. The number of anilines is 1. The van der Waals surface area contributed by atoms with E-state index in [1.54, 1.807) is 12.1 Å². The van der Waals surface area contributed by atoms with Gasteiger partial charge in [-0.2, -0.15) is 0 Å². The smallest absolute Gasteiger partial charge is 0.254 e. The number of benzene rings is 2. The summed E-state index contributed by atoms with van der Waals surface area (Å²) in [5.74, 6) is -0.789. The lowest BCUT2D eigenvalue weighted by atomic mass is 9.99. The number of hydrogen-bond acceptors (Lipinski definition) is 8. The third-order valence-corrected chi connectivity index (χ3v) is 9.96. The van der Waals surface area contributed by atoms with Crippen molar-refractivity contribution >= 4 is 43.7 Å². The number of sulfone groups is 1. The molecule has 208 valence electrons. The quantitative estimate of drug-likeness (QED) is 0.483. The topological polar surface area (TPSA) is 115 Å². The molecule has 3 aromatic rings. The first-order valence-electron chi connectivity index (χ1n) is 13.3. The van der Waals surface area contributed by atoms with Gasteiger partial charge >= 0.3 is 0 Å². The summed E-state index contributed by atoms with van der Waals surface area (Å²) in [6.07, 6.45) is 4.17. The monoisotopic (exact) mass is 579 g/mol. The zero-order chi connectivity index (χ0) is 27.7. The maximum absolute atomic E-state index is 13.4. The molecule has 0 bridgehead atoms. The molecule has 1 saturated heterocycles. The van der Waals surface area contributed by atoms with Gasteiger partial charge in [-0.3, -0.25) is 9.59 Å². The highest BCUT2D eigenvalue weighted by molar-refractivity contribution is 7.91. The summed E-state index contributed by atoms with van der Waals surface area (Å²) < 4.78 is 36.2. The fourth-order valence-corrected chi connectivity index (χ4v) is 7.44. The summed E-state index contributed by atoms with van der Waals surface area (Å²) >= 11 is 1.34. The number of carbonyl (C=O) groups is 2. The van der Waals surface area contributed by atoms with E-state index in [0.29, 0.717) is 43.3 Å². The van der Waals surface area contributed by atoms with Gasteiger partial charge in [-0.15, -0.1) is 11.3 Å². The summed E-state index contributed by atoms with van der Waals surface area (Å²) in [6.45, 7) is 2.05. The zero-order valence-corrected chi connectivity index (χ0v) is 23.4. The SMILES string of the molecule is O=C(Nc1nc(-c2cccc(C3=CCOCC3)c2)cs1)[C@@H]1CCCN1C(=O)c1ccc2c(c1)S(=O)(=O)CCOC2. The average molecular weight is 580 g/mol. The van der Waals surface area contributed by atoms with Gasteiger partial charge in [0, 0.05) is 23.1 Å². The number of amides is 2. The normalized spacial score (nSPS) is 20.4. The van der Waals surface area contributed by atoms with E-state index in [-0.39, 0.29) is 41.2 Å². The van der Waals surface area contributed by atoms with Gasteiger partial charge in [-0.1, -0.05) is 30.3 Å². The molecule has 4 heterocycles. The van der Waals surface area contributed by atoms with Gasteiger partial charge in [0.05, 0.1) is 42.8 Å². The van der Waals surface area contributed by atoms with Gasteiger partial charge in [0.15, 0.2) is 15.0 Å². The highest BCUT2D eigenvalue weighted by Gasteiger charge is 2.35. The number of nitrogens with zero attached hydrogens (tertiary/aromatic N) is 2. The third kappa shape index (κ3) is 5.46. The molecule has 3 aliphatic heterocycles. The van der Waals surface area contributed by atoms with Crippen LogP contribution in [0.15, 0.2) is 58.8 Å². The van der Waals surface area contributed by atoms with Crippen molar-refractivity contribution in [2.24, 2.45) is 0 Å². The van der Waals surface area contributed by atoms with Crippen molar-refractivity contribution in [3.8, 4) is 11.3 Å². The molecule has 11 heteroatoms. The van der Waals surface area contributed by atoms with Gasteiger partial charge in [0.25, 0.3) is 5.91 Å². The molecule has 2 amide bonds. The highest BCUT2D eigenvalue weighted by atomic mass is 32.2. The molecular formula is C29H29N3O6S2. The van der Waals surface area contributed by atoms with E-state index in [2.05, 4.69) is 28.5 Å². The molecule has 0 unspecified atom stereocenters. The first-order chi connectivity index (χ1) is 19.4. The summed E-state index contributed by atoms with van der Waals surface area (Å²) in [4.78, 5) is 33.0. The van der Waals surface area contributed by atoms with Crippen LogP contribution in [-0.2, 0) is 30.7 Å². The molecule has 1 atom stereocenters. The number of carbonyl (C=O) groups excluding carboxylic acids is 2. The lowest BCUT2D eigenvalue weighted by Gasteiger charge is -2.24. The Bertz CT molecular complexity index is 1600. The molecule has 6 rings (SSSR count). The van der Waals surface area contributed by atoms with Gasteiger partial charge in [0.1, 0.15) is 6.04 Å². The molecule has 3 aliphatic rings. The first kappa shape index (κ1) is 26.8. The van der Waals surface area contributed by atoms with Crippen LogP contribution >= 0.6 is 11.3 Å². The van der Waals surface area contributed by atoms with E-state index in [1.165, 1.54) is 27.9 Å². The Kier molecular flexibility index (Phi) is 7.54. The minimum absolute atomic E-state index is 0.117. The van der Waals surface area contributed by atoms with Crippen LogP contribution in [0.5, 0.6) is 0 Å². The molecular weight excluding hydrogens is 550 g/mol. The molecule has 1 fully saturated rings. The lowest BCUT2D eigenvalue weighted by Crippen LogP contribution is -2.43. The molecule has 2 aromatic carbocycles. The van der Waals surface area contributed by atoms with Crippen molar-refractivity contribution in [3.05, 3.63) is 70.6 Å². The summed E-state index contributed by atoms with van der Waals surface area (Å²) in [7, 11) is -3.55. The zero-order valence-electron chi connectivity index (χ0n) is 21.8. The summed E-state index contributed by atoms with van der Waals surface area (Å²) in [5, 5.41) is 5.27. The van der Waals surface area contributed by atoms with Crippen molar-refractivity contribution in [2.45, 2.75) is 36.8 Å². The Hall–Kier alpha value is -3.38. The van der Waals surface area contributed by atoms with E-state index in [9.17, 15) is 18.0 Å². The average Bonchev–Trinajstić information content (AvgIpc) is 3.63. The van der Waals surface area contributed by atoms with E-state index in [1.807, 2.05) is 17.5 Å². The van der Waals surface area contributed by atoms with E-state index < -0.39 is 15.9 Å². The molecule has 0 aliphatic carbocycles. The van der Waals surface area contributed by atoms with Crippen LogP contribution in [0, 0.1) is 0 Å². The predicted octanol–water partition coefficient (Wildman–Crippen LogP) is 4.16. The highest BCUT2D eigenvalue weighted by Crippen LogP contribution is 2.30.